The van der Waals surface area contributed by atoms with Gasteiger partial charge in [0.05, 0.1) is 6.04 Å². The molecule has 1 aliphatic heterocycles. The fourth-order valence-corrected chi connectivity index (χ4v) is 4.77. The van der Waals surface area contributed by atoms with E-state index in [2.05, 4.69) is 61.6 Å². The minimum Gasteiger partial charge on any atom is -0.344 e. The molecule has 1 aromatic carbocycles. The third-order valence-electron chi connectivity index (χ3n) is 4.60. The van der Waals surface area contributed by atoms with Gasteiger partial charge in [-0.1, -0.05) is 41.7 Å². The van der Waals surface area contributed by atoms with Gasteiger partial charge < -0.3 is 4.90 Å². The van der Waals surface area contributed by atoms with Crippen molar-refractivity contribution in [3.8, 4) is 0 Å². The quantitative estimate of drug-likeness (QED) is 0.687. The highest BCUT2D eigenvalue weighted by Gasteiger charge is 2.25. The van der Waals surface area contributed by atoms with E-state index >= 15 is 0 Å². The standard InChI is InChI=1S/C18H21N5S2/c1-14(17-19-7-12-24-17)22-8-10-23(11-9-22)18-21-20-16(25-18)13-15-5-3-2-4-6-15/h2-7,12,14H,8-11,13H2,1H3. The predicted molar refractivity (Wildman–Crippen MR) is 103 cm³/mol. The Labute approximate surface area is 156 Å². The molecule has 130 valence electrons. The first-order valence-corrected chi connectivity index (χ1v) is 10.2. The summed E-state index contributed by atoms with van der Waals surface area (Å²) in [6, 6.07) is 10.9. The molecule has 5 nitrogen and oxygen atoms in total. The van der Waals surface area contributed by atoms with E-state index in [0.29, 0.717) is 6.04 Å². The van der Waals surface area contributed by atoms with Gasteiger partial charge in [0.1, 0.15) is 10.0 Å². The Morgan fingerprint density at radius 2 is 1.88 bits per heavy atom. The van der Waals surface area contributed by atoms with Crippen molar-refractivity contribution in [1.29, 1.82) is 0 Å². The van der Waals surface area contributed by atoms with Crippen LogP contribution in [0.25, 0.3) is 0 Å². The van der Waals surface area contributed by atoms with E-state index in [1.165, 1.54) is 10.6 Å². The summed E-state index contributed by atoms with van der Waals surface area (Å²) in [7, 11) is 0. The second kappa shape index (κ2) is 7.59. The Kier molecular flexibility index (Phi) is 5.05. The second-order valence-electron chi connectivity index (χ2n) is 6.21. The predicted octanol–water partition coefficient (Wildman–Crippen LogP) is 3.47. The number of aromatic nitrogens is 3. The lowest BCUT2D eigenvalue weighted by Gasteiger charge is -2.37. The van der Waals surface area contributed by atoms with Crippen molar-refractivity contribution in [3.05, 3.63) is 57.5 Å². The van der Waals surface area contributed by atoms with Gasteiger partial charge in [-0.05, 0) is 12.5 Å². The normalized spacial score (nSPS) is 16.9. The molecule has 2 aromatic heterocycles. The van der Waals surface area contributed by atoms with Crippen molar-refractivity contribution in [2.24, 2.45) is 0 Å². The maximum atomic E-state index is 4.45. The minimum absolute atomic E-state index is 0.394. The van der Waals surface area contributed by atoms with Gasteiger partial charge in [0.2, 0.25) is 5.13 Å². The van der Waals surface area contributed by atoms with Crippen LogP contribution in [0.1, 0.15) is 28.5 Å². The highest BCUT2D eigenvalue weighted by molar-refractivity contribution is 7.15. The van der Waals surface area contributed by atoms with E-state index in [0.717, 1.165) is 42.7 Å². The van der Waals surface area contributed by atoms with Crippen LogP contribution < -0.4 is 4.90 Å². The fraction of sp³-hybridized carbons (Fsp3) is 0.389. The Morgan fingerprint density at radius 3 is 2.60 bits per heavy atom. The molecule has 0 spiro atoms. The molecular formula is C18H21N5S2. The zero-order chi connectivity index (χ0) is 17.1. The molecule has 0 N–H and O–H groups in total. The summed E-state index contributed by atoms with van der Waals surface area (Å²) in [5, 5.41) is 14.2. The van der Waals surface area contributed by atoms with E-state index in [9.17, 15) is 0 Å². The van der Waals surface area contributed by atoms with Gasteiger partial charge in [-0.3, -0.25) is 4.90 Å². The lowest BCUT2D eigenvalue weighted by atomic mass is 10.2. The summed E-state index contributed by atoms with van der Waals surface area (Å²) in [6.07, 6.45) is 2.75. The maximum absolute atomic E-state index is 4.45. The zero-order valence-electron chi connectivity index (χ0n) is 14.2. The van der Waals surface area contributed by atoms with Gasteiger partial charge >= 0.3 is 0 Å². The minimum atomic E-state index is 0.394. The van der Waals surface area contributed by atoms with E-state index < -0.39 is 0 Å². The van der Waals surface area contributed by atoms with Crippen molar-refractivity contribution in [3.63, 3.8) is 0 Å². The number of hydrogen-bond acceptors (Lipinski definition) is 7. The zero-order valence-corrected chi connectivity index (χ0v) is 15.8. The number of thiazole rings is 1. The molecule has 0 aliphatic carbocycles. The van der Waals surface area contributed by atoms with E-state index in [1.807, 2.05) is 12.3 Å². The van der Waals surface area contributed by atoms with E-state index in [-0.39, 0.29) is 0 Å². The first-order valence-electron chi connectivity index (χ1n) is 8.54. The molecule has 0 bridgehead atoms. The van der Waals surface area contributed by atoms with Crippen LogP contribution in [0.4, 0.5) is 5.13 Å². The number of nitrogens with zero attached hydrogens (tertiary/aromatic N) is 5. The average molecular weight is 372 g/mol. The third kappa shape index (κ3) is 3.89. The topological polar surface area (TPSA) is 45.2 Å². The Hall–Kier alpha value is -1.83. The molecule has 1 fully saturated rings. The van der Waals surface area contributed by atoms with Crippen LogP contribution >= 0.6 is 22.7 Å². The number of anilines is 1. The van der Waals surface area contributed by atoms with Crippen LogP contribution in [0.5, 0.6) is 0 Å². The van der Waals surface area contributed by atoms with Gasteiger partial charge in [-0.25, -0.2) is 4.98 Å². The summed E-state index contributed by atoms with van der Waals surface area (Å²) >= 11 is 3.46. The highest BCUT2D eigenvalue weighted by Crippen LogP contribution is 2.27. The molecule has 3 heterocycles. The Balaban J connectivity index is 1.35. The van der Waals surface area contributed by atoms with Gasteiger partial charge in [-0.15, -0.1) is 21.5 Å². The van der Waals surface area contributed by atoms with Gasteiger partial charge in [0.15, 0.2) is 0 Å². The van der Waals surface area contributed by atoms with E-state index in [4.69, 9.17) is 0 Å². The first-order chi connectivity index (χ1) is 12.3. The summed E-state index contributed by atoms with van der Waals surface area (Å²) in [6.45, 7) is 6.31. The fourth-order valence-electron chi connectivity index (χ4n) is 3.11. The van der Waals surface area contributed by atoms with Crippen molar-refractivity contribution < 1.29 is 0 Å². The van der Waals surface area contributed by atoms with Crippen LogP contribution in [-0.2, 0) is 6.42 Å². The summed E-state index contributed by atoms with van der Waals surface area (Å²) in [4.78, 5) is 9.31. The number of benzene rings is 1. The molecule has 3 aromatic rings. The van der Waals surface area contributed by atoms with Crippen LogP contribution in [0, 0.1) is 0 Å². The van der Waals surface area contributed by atoms with Crippen molar-refractivity contribution >= 4 is 27.8 Å². The first kappa shape index (κ1) is 16.6. The molecule has 25 heavy (non-hydrogen) atoms. The number of rotatable bonds is 5. The summed E-state index contributed by atoms with van der Waals surface area (Å²) in [5.41, 5.74) is 1.28. The monoisotopic (exact) mass is 371 g/mol. The van der Waals surface area contributed by atoms with Crippen molar-refractivity contribution in [2.75, 3.05) is 31.1 Å². The SMILES string of the molecule is CC(c1nccs1)N1CCN(c2nnc(Cc3ccccc3)s2)CC1. The Bertz CT molecular complexity index is 779. The smallest absolute Gasteiger partial charge is 0.208 e. The summed E-state index contributed by atoms with van der Waals surface area (Å²) < 4.78 is 0. The van der Waals surface area contributed by atoms with Gasteiger partial charge in [0.25, 0.3) is 0 Å². The lowest BCUT2D eigenvalue weighted by molar-refractivity contribution is 0.198. The summed E-state index contributed by atoms with van der Waals surface area (Å²) in [5.74, 6) is 0. The molecule has 1 aliphatic rings. The van der Waals surface area contributed by atoms with Gasteiger partial charge in [0, 0.05) is 44.2 Å². The molecule has 1 atom stereocenters. The largest absolute Gasteiger partial charge is 0.344 e. The molecule has 7 heteroatoms. The lowest BCUT2D eigenvalue weighted by Crippen LogP contribution is -2.47. The third-order valence-corrected chi connectivity index (χ3v) is 6.53. The van der Waals surface area contributed by atoms with Crippen LogP contribution in [0.15, 0.2) is 41.9 Å². The van der Waals surface area contributed by atoms with Crippen molar-refractivity contribution in [1.82, 2.24) is 20.1 Å². The van der Waals surface area contributed by atoms with Crippen molar-refractivity contribution in [2.45, 2.75) is 19.4 Å². The molecule has 4 rings (SSSR count). The number of piperazine rings is 1. The van der Waals surface area contributed by atoms with Crippen LogP contribution in [0.2, 0.25) is 0 Å². The maximum Gasteiger partial charge on any atom is 0.208 e. The van der Waals surface area contributed by atoms with Crippen LogP contribution in [0.3, 0.4) is 0 Å². The number of hydrogen-bond donors (Lipinski definition) is 0. The molecular weight excluding hydrogens is 350 g/mol. The molecule has 0 radical (unpaired) electrons. The second-order valence-corrected chi connectivity index (χ2v) is 8.18. The Morgan fingerprint density at radius 1 is 1.08 bits per heavy atom. The molecule has 0 amide bonds. The molecule has 1 unspecified atom stereocenters. The van der Waals surface area contributed by atoms with Crippen LogP contribution in [-0.4, -0.2) is 46.3 Å². The molecule has 0 saturated carbocycles. The highest BCUT2D eigenvalue weighted by atomic mass is 32.1. The van der Waals surface area contributed by atoms with Gasteiger partial charge in [-0.2, -0.15) is 0 Å². The molecule has 1 saturated heterocycles. The average Bonchev–Trinajstić information content (AvgIpc) is 3.34. The van der Waals surface area contributed by atoms with E-state index in [1.54, 1.807) is 22.7 Å².